The molecule has 0 saturated carbocycles. The van der Waals surface area contributed by atoms with Crippen molar-refractivity contribution < 1.29 is 23.5 Å². The van der Waals surface area contributed by atoms with Crippen molar-refractivity contribution in [1.82, 2.24) is 10.2 Å². The highest BCUT2D eigenvalue weighted by Gasteiger charge is 2.16. The number of benzene rings is 3. The van der Waals surface area contributed by atoms with Crippen LogP contribution in [0.4, 0.5) is 4.39 Å². The number of nitrogens with one attached hydrogen (secondary N) is 1. The molecule has 7 heteroatoms. The average Bonchev–Trinajstić information content (AvgIpc) is 2.82. The molecule has 0 fully saturated rings. The summed E-state index contributed by atoms with van der Waals surface area (Å²) in [6, 6.07) is 20.9. The lowest BCUT2D eigenvalue weighted by Gasteiger charge is -2.18. The number of carbonyl (C=O) groups excluding carboxylic acids is 2. The predicted octanol–water partition coefficient (Wildman–Crippen LogP) is 3.80. The minimum absolute atomic E-state index is 0.146. The molecule has 0 atom stereocenters. The van der Waals surface area contributed by atoms with Gasteiger partial charge in [0.15, 0.2) is 18.2 Å². The van der Waals surface area contributed by atoms with E-state index < -0.39 is 5.82 Å². The molecule has 0 aromatic heterocycles. The van der Waals surface area contributed by atoms with Gasteiger partial charge < -0.3 is 19.7 Å². The molecule has 3 rings (SSSR count). The van der Waals surface area contributed by atoms with Crippen molar-refractivity contribution in [2.75, 3.05) is 20.8 Å². The highest BCUT2D eigenvalue weighted by atomic mass is 19.1. The summed E-state index contributed by atoms with van der Waals surface area (Å²) in [4.78, 5) is 26.5. The Bertz CT molecular complexity index is 1070. The van der Waals surface area contributed by atoms with E-state index in [-0.39, 0.29) is 30.7 Å². The fourth-order valence-electron chi connectivity index (χ4n) is 3.07. The SMILES string of the molecule is COc1ccc(CN(C)C(=O)COc2ccccc2C(=O)NCc2ccccc2)cc1F. The lowest BCUT2D eigenvalue weighted by molar-refractivity contribution is -0.132. The van der Waals surface area contributed by atoms with Gasteiger partial charge >= 0.3 is 0 Å². The minimum Gasteiger partial charge on any atom is -0.494 e. The van der Waals surface area contributed by atoms with E-state index in [1.54, 1.807) is 37.4 Å². The van der Waals surface area contributed by atoms with Crippen molar-refractivity contribution in [3.05, 3.63) is 95.3 Å². The molecule has 0 saturated heterocycles. The van der Waals surface area contributed by atoms with E-state index in [1.807, 2.05) is 30.3 Å². The molecule has 0 heterocycles. The van der Waals surface area contributed by atoms with Crippen molar-refractivity contribution in [3.63, 3.8) is 0 Å². The molecule has 3 aromatic carbocycles. The zero-order valence-electron chi connectivity index (χ0n) is 18.0. The Kier molecular flexibility index (Phi) is 7.80. The Morgan fingerprint density at radius 2 is 1.66 bits per heavy atom. The summed E-state index contributed by atoms with van der Waals surface area (Å²) in [5.74, 6) is -0.624. The molecule has 0 aliphatic rings. The van der Waals surface area contributed by atoms with Gasteiger partial charge in [0, 0.05) is 20.1 Å². The van der Waals surface area contributed by atoms with Gasteiger partial charge in [-0.2, -0.15) is 0 Å². The van der Waals surface area contributed by atoms with Crippen LogP contribution in [0, 0.1) is 5.82 Å². The van der Waals surface area contributed by atoms with Crippen LogP contribution in [-0.4, -0.2) is 37.5 Å². The average molecular weight is 436 g/mol. The summed E-state index contributed by atoms with van der Waals surface area (Å²) < 4.78 is 24.4. The summed E-state index contributed by atoms with van der Waals surface area (Å²) in [5.41, 5.74) is 1.95. The molecule has 2 amide bonds. The van der Waals surface area contributed by atoms with Gasteiger partial charge in [-0.3, -0.25) is 9.59 Å². The Morgan fingerprint density at radius 3 is 2.38 bits per heavy atom. The number of para-hydroxylation sites is 1. The molecular weight excluding hydrogens is 411 g/mol. The van der Waals surface area contributed by atoms with Crippen LogP contribution in [-0.2, 0) is 17.9 Å². The number of likely N-dealkylation sites (N-methyl/N-ethyl adjacent to an activating group) is 1. The van der Waals surface area contributed by atoms with Crippen LogP contribution in [0.25, 0.3) is 0 Å². The summed E-state index contributed by atoms with van der Waals surface area (Å²) in [5, 5.41) is 2.85. The fourth-order valence-corrected chi connectivity index (χ4v) is 3.07. The summed E-state index contributed by atoms with van der Waals surface area (Å²) in [7, 11) is 3.00. The molecule has 166 valence electrons. The monoisotopic (exact) mass is 436 g/mol. The summed E-state index contributed by atoms with van der Waals surface area (Å²) >= 11 is 0. The quantitative estimate of drug-likeness (QED) is 0.554. The number of methoxy groups -OCH3 is 1. The van der Waals surface area contributed by atoms with E-state index in [0.29, 0.717) is 23.4 Å². The second kappa shape index (κ2) is 10.9. The highest BCUT2D eigenvalue weighted by molar-refractivity contribution is 5.97. The van der Waals surface area contributed by atoms with Crippen LogP contribution < -0.4 is 14.8 Å². The number of hydrogen-bond acceptors (Lipinski definition) is 4. The van der Waals surface area contributed by atoms with Crippen LogP contribution >= 0.6 is 0 Å². The summed E-state index contributed by atoms with van der Waals surface area (Å²) in [6.45, 7) is 0.342. The topological polar surface area (TPSA) is 67.9 Å². The van der Waals surface area contributed by atoms with Gasteiger partial charge in [0.25, 0.3) is 11.8 Å². The van der Waals surface area contributed by atoms with Crippen molar-refractivity contribution >= 4 is 11.8 Å². The predicted molar refractivity (Wildman–Crippen MR) is 119 cm³/mol. The van der Waals surface area contributed by atoms with Crippen molar-refractivity contribution in [2.24, 2.45) is 0 Å². The molecule has 3 aromatic rings. The van der Waals surface area contributed by atoms with E-state index in [9.17, 15) is 14.0 Å². The van der Waals surface area contributed by atoms with E-state index in [4.69, 9.17) is 9.47 Å². The number of amides is 2. The third kappa shape index (κ3) is 6.07. The Hall–Kier alpha value is -3.87. The standard InChI is InChI=1S/C25H25FN2O4/c1-28(16-19-12-13-23(31-2)21(26)14-19)24(29)17-32-22-11-7-6-10-20(22)25(30)27-15-18-8-4-3-5-9-18/h3-14H,15-17H2,1-2H3,(H,27,30). The van der Waals surface area contributed by atoms with Crippen molar-refractivity contribution in [1.29, 1.82) is 0 Å². The number of hydrogen-bond donors (Lipinski definition) is 1. The largest absolute Gasteiger partial charge is 0.494 e. The van der Waals surface area contributed by atoms with Crippen LogP contribution in [0.15, 0.2) is 72.8 Å². The molecule has 0 aliphatic carbocycles. The third-order valence-electron chi connectivity index (χ3n) is 4.84. The van der Waals surface area contributed by atoms with Gasteiger partial charge in [0.05, 0.1) is 12.7 Å². The minimum atomic E-state index is -0.488. The molecule has 0 bridgehead atoms. The third-order valence-corrected chi connectivity index (χ3v) is 4.84. The van der Waals surface area contributed by atoms with E-state index in [1.165, 1.54) is 24.1 Å². The number of carbonyl (C=O) groups is 2. The molecule has 6 nitrogen and oxygen atoms in total. The number of halogens is 1. The molecule has 1 N–H and O–H groups in total. The summed E-state index contributed by atoms with van der Waals surface area (Å²) in [6.07, 6.45) is 0. The maximum atomic E-state index is 13.9. The maximum absolute atomic E-state index is 13.9. The second-order valence-corrected chi connectivity index (χ2v) is 7.17. The Morgan fingerprint density at radius 1 is 0.938 bits per heavy atom. The van der Waals surface area contributed by atoms with Gasteiger partial charge in [0.1, 0.15) is 5.75 Å². The van der Waals surface area contributed by atoms with E-state index in [2.05, 4.69) is 5.32 Å². The van der Waals surface area contributed by atoms with E-state index in [0.717, 1.165) is 5.56 Å². The normalized spacial score (nSPS) is 10.3. The zero-order chi connectivity index (χ0) is 22.9. The molecule has 0 radical (unpaired) electrons. The second-order valence-electron chi connectivity index (χ2n) is 7.17. The van der Waals surface area contributed by atoms with Crippen LogP contribution in [0.3, 0.4) is 0 Å². The molecule has 0 unspecified atom stereocenters. The van der Waals surface area contributed by atoms with Gasteiger partial charge in [0.2, 0.25) is 0 Å². The van der Waals surface area contributed by atoms with Gasteiger partial charge in [-0.15, -0.1) is 0 Å². The number of nitrogens with zero attached hydrogens (tertiary/aromatic N) is 1. The van der Waals surface area contributed by atoms with Crippen LogP contribution in [0.1, 0.15) is 21.5 Å². The van der Waals surface area contributed by atoms with Gasteiger partial charge in [-0.05, 0) is 35.4 Å². The highest BCUT2D eigenvalue weighted by Crippen LogP contribution is 2.20. The molecule has 0 spiro atoms. The number of rotatable bonds is 9. The first-order valence-electron chi connectivity index (χ1n) is 10.1. The first-order valence-corrected chi connectivity index (χ1v) is 10.1. The Labute approximate surface area is 186 Å². The van der Waals surface area contributed by atoms with Crippen LogP contribution in [0.5, 0.6) is 11.5 Å². The fraction of sp³-hybridized carbons (Fsp3) is 0.200. The molecule has 32 heavy (non-hydrogen) atoms. The van der Waals surface area contributed by atoms with Gasteiger partial charge in [-0.1, -0.05) is 48.5 Å². The number of ether oxygens (including phenoxy) is 2. The van der Waals surface area contributed by atoms with Crippen molar-refractivity contribution in [3.8, 4) is 11.5 Å². The van der Waals surface area contributed by atoms with Gasteiger partial charge in [-0.25, -0.2) is 4.39 Å². The van der Waals surface area contributed by atoms with E-state index >= 15 is 0 Å². The zero-order valence-corrected chi connectivity index (χ0v) is 18.0. The molecular formula is C25H25FN2O4. The Balaban J connectivity index is 1.57. The smallest absolute Gasteiger partial charge is 0.260 e. The van der Waals surface area contributed by atoms with Crippen molar-refractivity contribution in [2.45, 2.75) is 13.1 Å². The lowest BCUT2D eigenvalue weighted by atomic mass is 10.1. The molecule has 0 aliphatic heterocycles. The lowest BCUT2D eigenvalue weighted by Crippen LogP contribution is -2.31. The first kappa shape index (κ1) is 22.8. The maximum Gasteiger partial charge on any atom is 0.260 e. The van der Waals surface area contributed by atoms with Crippen LogP contribution in [0.2, 0.25) is 0 Å². The first-order chi connectivity index (χ1) is 15.5.